The van der Waals surface area contributed by atoms with Gasteiger partial charge in [-0.25, -0.2) is 0 Å². The Bertz CT molecular complexity index is 29.3. The molecule has 41 valence electrons. The van der Waals surface area contributed by atoms with Crippen LogP contribution >= 0.6 is 0 Å². The molecule has 0 spiro atoms. The van der Waals surface area contributed by atoms with Crippen LogP contribution < -0.4 is 0 Å². The molecule has 0 N–H and O–H groups in total. The molecule has 0 rings (SSSR count). The van der Waals surface area contributed by atoms with E-state index in [9.17, 15) is 0 Å². The van der Waals surface area contributed by atoms with Gasteiger partial charge in [0, 0.05) is 39.8 Å². The van der Waals surface area contributed by atoms with Gasteiger partial charge in [0.25, 0.3) is 0 Å². The van der Waals surface area contributed by atoms with Crippen LogP contribution in [0.5, 0.6) is 0 Å². The minimum Gasteiger partial charge on any atom is -0.416 e. The minimum absolute atomic E-state index is 0. The third-order valence-corrected chi connectivity index (χ3v) is 0.433. The second-order valence-corrected chi connectivity index (χ2v) is 1.64. The molecular formula is C5H11OY-. The molecule has 1 nitrogen and oxygen atoms in total. The van der Waals surface area contributed by atoms with Crippen molar-refractivity contribution in [1.82, 2.24) is 0 Å². The molecule has 0 aromatic heterocycles. The van der Waals surface area contributed by atoms with Crippen molar-refractivity contribution < 1.29 is 37.4 Å². The standard InChI is InChI=1S/C5H11O.Y/c1-5(2)4-6-3;/h4H2,1-3H3;/q-1;. The fourth-order valence-corrected chi connectivity index (χ4v) is 0.289. The van der Waals surface area contributed by atoms with Gasteiger partial charge in [-0.3, -0.25) is 5.92 Å². The predicted molar refractivity (Wildman–Crippen MR) is 26.5 cm³/mol. The zero-order chi connectivity index (χ0) is 4.99. The summed E-state index contributed by atoms with van der Waals surface area (Å²) in [5.41, 5.74) is 0. The van der Waals surface area contributed by atoms with Crippen LogP contribution in [0.2, 0.25) is 0 Å². The Morgan fingerprint density at radius 3 is 1.86 bits per heavy atom. The number of hydrogen-bond acceptors (Lipinski definition) is 1. The molecule has 0 amide bonds. The van der Waals surface area contributed by atoms with Crippen LogP contribution in [0.4, 0.5) is 0 Å². The Labute approximate surface area is 70.7 Å². The van der Waals surface area contributed by atoms with E-state index in [4.69, 9.17) is 4.74 Å². The first-order valence-corrected chi connectivity index (χ1v) is 2.05. The average Bonchev–Trinajstić information content (AvgIpc) is 1.35. The van der Waals surface area contributed by atoms with E-state index in [-0.39, 0.29) is 32.7 Å². The topological polar surface area (TPSA) is 9.23 Å². The Balaban J connectivity index is 0. The fraction of sp³-hybridized carbons (Fsp3) is 0.800. The van der Waals surface area contributed by atoms with Crippen molar-refractivity contribution in [3.8, 4) is 0 Å². The normalized spacial score (nSPS) is 8.57. The Hall–Kier alpha value is 1.06. The predicted octanol–water partition coefficient (Wildman–Crippen LogP) is 1.24. The molecule has 0 aliphatic rings. The van der Waals surface area contributed by atoms with Gasteiger partial charge < -0.3 is 4.74 Å². The summed E-state index contributed by atoms with van der Waals surface area (Å²) in [4.78, 5) is 0. The van der Waals surface area contributed by atoms with E-state index >= 15 is 0 Å². The first kappa shape index (κ1) is 10.9. The van der Waals surface area contributed by atoms with E-state index < -0.39 is 0 Å². The van der Waals surface area contributed by atoms with Crippen LogP contribution in [0.15, 0.2) is 0 Å². The third kappa shape index (κ3) is 11.0. The molecule has 0 aliphatic heterocycles. The van der Waals surface area contributed by atoms with Gasteiger partial charge in [-0.05, 0) is 0 Å². The van der Waals surface area contributed by atoms with Gasteiger partial charge in [-0.15, -0.1) is 0 Å². The summed E-state index contributed by atoms with van der Waals surface area (Å²) in [7, 11) is 1.70. The Morgan fingerprint density at radius 2 is 1.86 bits per heavy atom. The smallest absolute Gasteiger partial charge is 0.0319 e. The van der Waals surface area contributed by atoms with Crippen molar-refractivity contribution in [2.45, 2.75) is 13.8 Å². The van der Waals surface area contributed by atoms with Gasteiger partial charge >= 0.3 is 0 Å². The van der Waals surface area contributed by atoms with Crippen molar-refractivity contribution in [1.29, 1.82) is 0 Å². The largest absolute Gasteiger partial charge is 0.416 e. The van der Waals surface area contributed by atoms with Crippen molar-refractivity contribution in [3.63, 3.8) is 0 Å². The average molecular weight is 176 g/mol. The number of rotatable bonds is 2. The first-order chi connectivity index (χ1) is 2.77. The summed E-state index contributed by atoms with van der Waals surface area (Å²) in [6.45, 7) is 4.88. The van der Waals surface area contributed by atoms with Gasteiger partial charge in [-0.1, -0.05) is 6.61 Å². The fourth-order valence-electron chi connectivity index (χ4n) is 0.289. The van der Waals surface area contributed by atoms with E-state index in [2.05, 4.69) is 0 Å². The third-order valence-electron chi connectivity index (χ3n) is 0.433. The molecule has 0 aromatic carbocycles. The molecule has 0 saturated carbocycles. The molecule has 0 saturated heterocycles. The van der Waals surface area contributed by atoms with Crippen LogP contribution in [0, 0.1) is 5.92 Å². The summed E-state index contributed by atoms with van der Waals surface area (Å²) in [5.74, 6) is 1.32. The summed E-state index contributed by atoms with van der Waals surface area (Å²) >= 11 is 0. The van der Waals surface area contributed by atoms with Gasteiger partial charge in [0.2, 0.25) is 0 Å². The summed E-state index contributed by atoms with van der Waals surface area (Å²) in [6, 6.07) is 0. The molecule has 0 aliphatic carbocycles. The van der Waals surface area contributed by atoms with Crippen LogP contribution in [0.1, 0.15) is 13.8 Å². The van der Waals surface area contributed by atoms with E-state index in [1.54, 1.807) is 7.11 Å². The van der Waals surface area contributed by atoms with Crippen LogP contribution in [0.25, 0.3) is 0 Å². The molecule has 0 heterocycles. The number of methoxy groups -OCH3 is 1. The van der Waals surface area contributed by atoms with Crippen molar-refractivity contribution in [2.75, 3.05) is 13.7 Å². The Morgan fingerprint density at radius 1 is 1.43 bits per heavy atom. The minimum atomic E-state index is 0. The van der Waals surface area contributed by atoms with Crippen molar-refractivity contribution >= 4 is 0 Å². The second-order valence-electron chi connectivity index (χ2n) is 1.64. The Kier molecular flexibility index (Phi) is 11.0. The molecule has 7 heavy (non-hydrogen) atoms. The van der Waals surface area contributed by atoms with Gasteiger partial charge in [0.05, 0.1) is 0 Å². The molecule has 0 aromatic rings. The molecule has 0 atom stereocenters. The van der Waals surface area contributed by atoms with Crippen LogP contribution in [-0.2, 0) is 37.4 Å². The van der Waals surface area contributed by atoms with Crippen LogP contribution in [0.3, 0.4) is 0 Å². The molecule has 0 bridgehead atoms. The number of ether oxygens (including phenoxy) is 1. The second kappa shape index (κ2) is 7.06. The molecule has 1 radical (unpaired) electrons. The summed E-state index contributed by atoms with van der Waals surface area (Å²) < 4.78 is 4.77. The SMILES string of the molecule is COC[C-](C)C.[Y]. The monoisotopic (exact) mass is 176 g/mol. The molecule has 2 heteroatoms. The van der Waals surface area contributed by atoms with Crippen molar-refractivity contribution in [2.24, 2.45) is 0 Å². The maximum atomic E-state index is 4.77. The number of hydrogen-bond donors (Lipinski definition) is 0. The van der Waals surface area contributed by atoms with Crippen molar-refractivity contribution in [3.05, 3.63) is 5.92 Å². The van der Waals surface area contributed by atoms with Gasteiger partial charge in [0.15, 0.2) is 0 Å². The summed E-state index contributed by atoms with van der Waals surface area (Å²) in [5, 5.41) is 0. The maximum Gasteiger partial charge on any atom is 0.0319 e. The maximum absolute atomic E-state index is 4.77. The molecule has 0 fully saturated rings. The summed E-state index contributed by atoms with van der Waals surface area (Å²) in [6.07, 6.45) is 0. The molecule has 0 unspecified atom stereocenters. The van der Waals surface area contributed by atoms with E-state index in [1.807, 2.05) is 13.8 Å². The van der Waals surface area contributed by atoms with Gasteiger partial charge in [0.1, 0.15) is 0 Å². The quantitative estimate of drug-likeness (QED) is 0.575. The zero-order valence-electron chi connectivity index (χ0n) is 5.19. The van der Waals surface area contributed by atoms with E-state index in [0.717, 1.165) is 6.61 Å². The first-order valence-electron chi connectivity index (χ1n) is 2.05. The van der Waals surface area contributed by atoms with Gasteiger partial charge in [-0.2, -0.15) is 13.8 Å². The van der Waals surface area contributed by atoms with E-state index in [1.165, 1.54) is 5.92 Å². The van der Waals surface area contributed by atoms with Crippen LogP contribution in [-0.4, -0.2) is 13.7 Å². The molecular weight excluding hydrogens is 165 g/mol. The van der Waals surface area contributed by atoms with E-state index in [0.29, 0.717) is 0 Å². The zero-order valence-corrected chi connectivity index (χ0v) is 8.03.